The summed E-state index contributed by atoms with van der Waals surface area (Å²) in [6.07, 6.45) is 22.3. The minimum Gasteiger partial charge on any atom is -0.469 e. The Balaban J connectivity index is 3.16. The maximum absolute atomic E-state index is 11.0. The second-order valence-electron chi connectivity index (χ2n) is 7.60. The zero-order valence-electron chi connectivity index (χ0n) is 16.9. The first-order valence-electron chi connectivity index (χ1n) is 10.8. The van der Waals surface area contributed by atoms with Crippen LogP contribution < -0.4 is 0 Å². The van der Waals surface area contributed by atoms with Crippen LogP contribution in [0.1, 0.15) is 123 Å². The van der Waals surface area contributed by atoms with Gasteiger partial charge in [0.1, 0.15) is 0 Å². The average Bonchev–Trinajstić information content (AvgIpc) is 2.59. The predicted molar refractivity (Wildman–Crippen MR) is 105 cm³/mol. The Labute approximate surface area is 152 Å². The molecule has 0 aliphatic rings. The van der Waals surface area contributed by atoms with Crippen molar-refractivity contribution in [2.75, 3.05) is 7.11 Å². The molecule has 0 bridgehead atoms. The van der Waals surface area contributed by atoms with Gasteiger partial charge >= 0.3 is 5.97 Å². The number of hydrogen-bond acceptors (Lipinski definition) is 2. The second kappa shape index (κ2) is 18.8. The van der Waals surface area contributed by atoms with E-state index < -0.39 is 0 Å². The number of unbranched alkanes of at least 4 members (excludes halogenated alkanes) is 12. The third-order valence-electron chi connectivity index (χ3n) is 5.11. The maximum Gasteiger partial charge on any atom is 0.305 e. The van der Waals surface area contributed by atoms with E-state index >= 15 is 0 Å². The summed E-state index contributed by atoms with van der Waals surface area (Å²) < 4.78 is 4.65. The Morgan fingerprint density at radius 2 is 1.12 bits per heavy atom. The molecule has 0 heterocycles. The van der Waals surface area contributed by atoms with Crippen LogP contribution in [0.2, 0.25) is 0 Å². The van der Waals surface area contributed by atoms with E-state index in [4.69, 9.17) is 0 Å². The van der Waals surface area contributed by atoms with Crippen LogP contribution in [0.25, 0.3) is 0 Å². The summed E-state index contributed by atoms with van der Waals surface area (Å²) in [7, 11) is 1.47. The molecule has 0 aliphatic heterocycles. The fourth-order valence-electron chi connectivity index (χ4n) is 3.34. The lowest BCUT2D eigenvalue weighted by Crippen LogP contribution is -1.99. The van der Waals surface area contributed by atoms with E-state index in [-0.39, 0.29) is 5.97 Å². The molecular formula is C22H44O2. The molecule has 144 valence electrons. The zero-order chi connectivity index (χ0) is 17.9. The average molecular weight is 341 g/mol. The quantitative estimate of drug-likeness (QED) is 0.191. The van der Waals surface area contributed by atoms with Gasteiger partial charge in [-0.3, -0.25) is 4.79 Å². The smallest absolute Gasteiger partial charge is 0.305 e. The lowest BCUT2D eigenvalue weighted by Gasteiger charge is -2.11. The minimum atomic E-state index is -0.0647. The van der Waals surface area contributed by atoms with Crippen LogP contribution in [0.3, 0.4) is 0 Å². The van der Waals surface area contributed by atoms with E-state index in [9.17, 15) is 4.79 Å². The molecule has 0 saturated heterocycles. The van der Waals surface area contributed by atoms with E-state index in [1.165, 1.54) is 103 Å². The first kappa shape index (κ1) is 23.5. The molecule has 1 atom stereocenters. The molecule has 0 fully saturated rings. The van der Waals surface area contributed by atoms with Crippen molar-refractivity contribution in [3.05, 3.63) is 0 Å². The maximum atomic E-state index is 11.0. The van der Waals surface area contributed by atoms with E-state index in [0.717, 1.165) is 12.3 Å². The topological polar surface area (TPSA) is 26.3 Å². The number of carbonyl (C=O) groups is 1. The molecule has 0 saturated carbocycles. The van der Waals surface area contributed by atoms with Crippen molar-refractivity contribution >= 4 is 5.97 Å². The van der Waals surface area contributed by atoms with Crippen molar-refractivity contribution in [1.82, 2.24) is 0 Å². The van der Waals surface area contributed by atoms with Gasteiger partial charge < -0.3 is 4.74 Å². The number of rotatable bonds is 18. The van der Waals surface area contributed by atoms with Crippen LogP contribution in [0.5, 0.6) is 0 Å². The Kier molecular flexibility index (Phi) is 18.4. The number of hydrogen-bond donors (Lipinski definition) is 0. The van der Waals surface area contributed by atoms with Gasteiger partial charge in [0.05, 0.1) is 7.11 Å². The number of ether oxygens (including phenoxy) is 1. The Hall–Kier alpha value is -0.530. The van der Waals surface area contributed by atoms with Gasteiger partial charge in [-0.15, -0.1) is 0 Å². The standard InChI is InChI=1S/C22H44O2/c1-4-5-6-7-12-15-18-21(2)19-16-13-10-8-9-11-14-17-20-22(23)24-3/h21H,4-20H2,1-3H3. The van der Waals surface area contributed by atoms with Gasteiger partial charge in [-0.1, -0.05) is 110 Å². The lowest BCUT2D eigenvalue weighted by molar-refractivity contribution is -0.140. The third-order valence-corrected chi connectivity index (χ3v) is 5.11. The van der Waals surface area contributed by atoms with E-state index in [2.05, 4.69) is 18.6 Å². The van der Waals surface area contributed by atoms with Gasteiger partial charge in [-0.05, 0) is 12.3 Å². The minimum absolute atomic E-state index is 0.0647. The highest BCUT2D eigenvalue weighted by Crippen LogP contribution is 2.18. The van der Waals surface area contributed by atoms with Crippen LogP contribution >= 0.6 is 0 Å². The molecule has 0 radical (unpaired) electrons. The number of methoxy groups -OCH3 is 1. The van der Waals surface area contributed by atoms with E-state index in [1.54, 1.807) is 0 Å². The molecular weight excluding hydrogens is 296 g/mol. The van der Waals surface area contributed by atoms with Crippen LogP contribution in [-0.2, 0) is 9.53 Å². The summed E-state index contributed by atoms with van der Waals surface area (Å²) >= 11 is 0. The molecule has 0 aliphatic carbocycles. The highest BCUT2D eigenvalue weighted by Gasteiger charge is 2.02. The number of esters is 1. The summed E-state index contributed by atoms with van der Waals surface area (Å²) in [5.41, 5.74) is 0. The SMILES string of the molecule is CCCCCCCCC(C)CCCCCCCCCCC(=O)OC. The van der Waals surface area contributed by atoms with Crippen molar-refractivity contribution in [2.45, 2.75) is 123 Å². The molecule has 0 aromatic rings. The molecule has 2 heteroatoms. The normalized spacial score (nSPS) is 12.3. The fourth-order valence-corrected chi connectivity index (χ4v) is 3.34. The summed E-state index contributed by atoms with van der Waals surface area (Å²) in [5, 5.41) is 0. The molecule has 0 rings (SSSR count). The third kappa shape index (κ3) is 17.8. The molecule has 2 nitrogen and oxygen atoms in total. The molecule has 24 heavy (non-hydrogen) atoms. The molecule has 0 amide bonds. The van der Waals surface area contributed by atoms with Crippen molar-refractivity contribution < 1.29 is 9.53 Å². The van der Waals surface area contributed by atoms with Crippen molar-refractivity contribution in [3.63, 3.8) is 0 Å². The number of carbonyl (C=O) groups excluding carboxylic acids is 1. The first-order valence-corrected chi connectivity index (χ1v) is 10.8. The van der Waals surface area contributed by atoms with E-state index in [0.29, 0.717) is 6.42 Å². The zero-order valence-corrected chi connectivity index (χ0v) is 16.9. The largest absolute Gasteiger partial charge is 0.469 e. The van der Waals surface area contributed by atoms with Crippen LogP contribution in [-0.4, -0.2) is 13.1 Å². The summed E-state index contributed by atoms with van der Waals surface area (Å²) in [5.74, 6) is 0.861. The van der Waals surface area contributed by atoms with Gasteiger partial charge in [-0.25, -0.2) is 0 Å². The summed E-state index contributed by atoms with van der Waals surface area (Å²) in [4.78, 5) is 11.0. The van der Waals surface area contributed by atoms with Crippen LogP contribution in [0, 0.1) is 5.92 Å². The van der Waals surface area contributed by atoms with Crippen molar-refractivity contribution in [1.29, 1.82) is 0 Å². The Morgan fingerprint density at radius 1 is 0.708 bits per heavy atom. The van der Waals surface area contributed by atoms with Crippen LogP contribution in [0.15, 0.2) is 0 Å². The second-order valence-corrected chi connectivity index (χ2v) is 7.60. The summed E-state index contributed by atoms with van der Waals surface area (Å²) in [6, 6.07) is 0. The molecule has 0 aromatic heterocycles. The first-order chi connectivity index (χ1) is 11.7. The van der Waals surface area contributed by atoms with Gasteiger partial charge in [0.2, 0.25) is 0 Å². The fraction of sp³-hybridized carbons (Fsp3) is 0.955. The summed E-state index contributed by atoms with van der Waals surface area (Å²) in [6.45, 7) is 4.72. The predicted octanol–water partition coefficient (Wildman–Crippen LogP) is 7.45. The highest BCUT2D eigenvalue weighted by molar-refractivity contribution is 5.68. The van der Waals surface area contributed by atoms with Crippen molar-refractivity contribution in [2.24, 2.45) is 5.92 Å². The molecule has 1 unspecified atom stereocenters. The Bertz CT molecular complexity index is 263. The molecule has 0 aromatic carbocycles. The molecule has 0 spiro atoms. The lowest BCUT2D eigenvalue weighted by atomic mass is 9.96. The van der Waals surface area contributed by atoms with Crippen LogP contribution in [0.4, 0.5) is 0 Å². The van der Waals surface area contributed by atoms with Gasteiger partial charge in [0, 0.05) is 6.42 Å². The monoisotopic (exact) mass is 340 g/mol. The van der Waals surface area contributed by atoms with Crippen molar-refractivity contribution in [3.8, 4) is 0 Å². The Morgan fingerprint density at radius 3 is 1.58 bits per heavy atom. The molecule has 0 N–H and O–H groups in total. The van der Waals surface area contributed by atoms with E-state index in [1.807, 2.05) is 0 Å². The highest BCUT2D eigenvalue weighted by atomic mass is 16.5. The van der Waals surface area contributed by atoms with Gasteiger partial charge in [0.15, 0.2) is 0 Å². The van der Waals surface area contributed by atoms with Gasteiger partial charge in [0.25, 0.3) is 0 Å². The van der Waals surface area contributed by atoms with Gasteiger partial charge in [-0.2, -0.15) is 0 Å².